The number of halogens is 1. The van der Waals surface area contributed by atoms with E-state index in [0.29, 0.717) is 21.9 Å². The molecule has 7 rings (SSSR count). The lowest BCUT2D eigenvalue weighted by molar-refractivity contribution is 0.0995. The van der Waals surface area contributed by atoms with Crippen molar-refractivity contribution in [2.75, 3.05) is 20.1 Å². The van der Waals surface area contributed by atoms with Crippen LogP contribution in [0.25, 0.3) is 38.9 Å². The van der Waals surface area contributed by atoms with Crippen LogP contribution in [0.2, 0.25) is 0 Å². The molecule has 0 spiro atoms. The molecule has 0 bridgehead atoms. The number of carbonyl (C=O) groups excluding carboxylic acids is 1. The molecule has 41 heavy (non-hydrogen) atoms. The number of benzene rings is 1. The first-order chi connectivity index (χ1) is 19.9. The lowest BCUT2D eigenvalue weighted by Crippen LogP contribution is -2.44. The van der Waals surface area contributed by atoms with Crippen molar-refractivity contribution in [1.29, 1.82) is 0 Å². The van der Waals surface area contributed by atoms with Crippen molar-refractivity contribution >= 4 is 22.8 Å². The molecule has 9 nitrogen and oxygen atoms in total. The molecule has 0 aliphatic carbocycles. The highest BCUT2D eigenvalue weighted by molar-refractivity contribution is 7.17. The van der Waals surface area contributed by atoms with Crippen LogP contribution < -0.4 is 0 Å². The largest absolute Gasteiger partial charge is 0.323 e. The molecule has 1 aromatic carbocycles. The number of likely N-dealkylation sites (tertiary alicyclic amines) is 1. The molecule has 11 heteroatoms. The SMILES string of the molecule is Cc1nc(-c2cccnc2)sc1C(=O)Cc1cn2nc(-c3c(-c4ccc(F)cc4)ncn3C3CN(C)C3)ccc2n1. The van der Waals surface area contributed by atoms with Crippen LogP contribution in [0.5, 0.6) is 0 Å². The maximum absolute atomic E-state index is 13.7. The van der Waals surface area contributed by atoms with Gasteiger partial charge in [-0.2, -0.15) is 5.10 Å². The van der Waals surface area contributed by atoms with Crippen LogP contribution >= 0.6 is 11.3 Å². The smallest absolute Gasteiger partial charge is 0.180 e. The van der Waals surface area contributed by atoms with E-state index < -0.39 is 0 Å². The highest BCUT2D eigenvalue weighted by atomic mass is 32.1. The summed E-state index contributed by atoms with van der Waals surface area (Å²) < 4.78 is 17.5. The Hall–Kier alpha value is -4.61. The van der Waals surface area contributed by atoms with Crippen LogP contribution in [0.4, 0.5) is 4.39 Å². The van der Waals surface area contributed by atoms with Crippen molar-refractivity contribution in [1.82, 2.24) is 39.0 Å². The fourth-order valence-corrected chi connectivity index (χ4v) is 6.20. The minimum atomic E-state index is -0.294. The maximum atomic E-state index is 13.7. The van der Waals surface area contributed by atoms with E-state index >= 15 is 0 Å². The lowest BCUT2D eigenvalue weighted by Gasteiger charge is -2.37. The second-order valence-corrected chi connectivity index (χ2v) is 11.3. The standard InChI is InChI=1S/C30H25FN8OS/c1-18-29(41-30(34-18)20-4-3-11-32-13-20)25(40)12-22-14-39-26(35-22)10-9-24(36-39)28-27(19-5-7-21(31)8-6-19)33-17-38(28)23-15-37(2)16-23/h3-11,13-14,17,23H,12,15-16H2,1-2H3. The van der Waals surface area contributed by atoms with E-state index in [4.69, 9.17) is 10.1 Å². The summed E-state index contributed by atoms with van der Waals surface area (Å²) in [5, 5.41) is 5.65. The van der Waals surface area contributed by atoms with Crippen molar-refractivity contribution in [2.24, 2.45) is 0 Å². The number of imidazole rings is 2. The highest BCUT2D eigenvalue weighted by Crippen LogP contribution is 2.35. The molecule has 0 amide bonds. The van der Waals surface area contributed by atoms with Crippen LogP contribution in [-0.4, -0.2) is 64.9 Å². The van der Waals surface area contributed by atoms with Crippen molar-refractivity contribution in [2.45, 2.75) is 19.4 Å². The van der Waals surface area contributed by atoms with Gasteiger partial charge in [0.1, 0.15) is 16.5 Å². The average molecular weight is 565 g/mol. The molecular formula is C30H25FN8OS. The van der Waals surface area contributed by atoms with Gasteiger partial charge in [0.2, 0.25) is 0 Å². The maximum Gasteiger partial charge on any atom is 0.180 e. The third-order valence-electron chi connectivity index (χ3n) is 7.26. The molecule has 204 valence electrons. The number of nitrogens with zero attached hydrogens (tertiary/aromatic N) is 8. The predicted octanol–water partition coefficient (Wildman–Crippen LogP) is 5.14. The van der Waals surface area contributed by atoms with Crippen molar-refractivity contribution < 1.29 is 9.18 Å². The number of ketones is 1. The molecule has 1 aliphatic rings. The van der Waals surface area contributed by atoms with Gasteiger partial charge in [-0.1, -0.05) is 0 Å². The minimum absolute atomic E-state index is 0.0375. The number of aryl methyl sites for hydroxylation is 1. The Morgan fingerprint density at radius 1 is 1.07 bits per heavy atom. The number of rotatable bonds is 7. The lowest BCUT2D eigenvalue weighted by atomic mass is 10.1. The van der Waals surface area contributed by atoms with Crippen molar-refractivity contribution in [3.8, 4) is 33.2 Å². The zero-order valence-corrected chi connectivity index (χ0v) is 23.2. The Kier molecular flexibility index (Phi) is 6.25. The quantitative estimate of drug-likeness (QED) is 0.248. The van der Waals surface area contributed by atoms with Gasteiger partial charge in [0, 0.05) is 36.6 Å². The molecule has 6 aromatic rings. The number of hydrogen-bond donors (Lipinski definition) is 0. The van der Waals surface area contributed by atoms with Crippen molar-refractivity contribution in [3.05, 3.63) is 95.5 Å². The third kappa shape index (κ3) is 4.72. The summed E-state index contributed by atoms with van der Waals surface area (Å²) in [6, 6.07) is 14.2. The zero-order valence-electron chi connectivity index (χ0n) is 22.4. The average Bonchev–Trinajstić information content (AvgIpc) is 3.68. The molecule has 5 aromatic heterocycles. The number of aromatic nitrogens is 7. The Balaban J connectivity index is 1.21. The fraction of sp³-hybridized carbons (Fsp3) is 0.200. The van der Waals surface area contributed by atoms with Crippen LogP contribution in [0, 0.1) is 12.7 Å². The van der Waals surface area contributed by atoms with Crippen LogP contribution in [0.15, 0.2) is 73.4 Å². The fourth-order valence-electron chi connectivity index (χ4n) is 5.21. The topological polar surface area (TPSA) is 94.1 Å². The minimum Gasteiger partial charge on any atom is -0.323 e. The number of thiazole rings is 1. The van der Waals surface area contributed by atoms with Gasteiger partial charge in [0.15, 0.2) is 11.4 Å². The molecule has 1 saturated heterocycles. The number of fused-ring (bicyclic) bond motifs is 1. The van der Waals surface area contributed by atoms with Gasteiger partial charge in [0.05, 0.1) is 52.6 Å². The molecule has 0 radical (unpaired) electrons. The molecule has 1 aliphatic heterocycles. The number of hydrogen-bond acceptors (Lipinski definition) is 8. The van der Waals surface area contributed by atoms with Gasteiger partial charge in [0.25, 0.3) is 0 Å². The summed E-state index contributed by atoms with van der Waals surface area (Å²) >= 11 is 1.37. The summed E-state index contributed by atoms with van der Waals surface area (Å²) in [4.78, 5) is 34.2. The van der Waals surface area contributed by atoms with E-state index in [1.54, 1.807) is 35.2 Å². The summed E-state index contributed by atoms with van der Waals surface area (Å²) in [5.41, 5.74) is 6.01. The number of carbonyl (C=O) groups is 1. The molecule has 0 saturated carbocycles. The normalized spacial score (nSPS) is 14.0. The molecule has 0 atom stereocenters. The second-order valence-electron chi connectivity index (χ2n) is 10.3. The van der Waals surface area contributed by atoms with Gasteiger partial charge in [-0.3, -0.25) is 9.78 Å². The zero-order chi connectivity index (χ0) is 28.1. The van der Waals surface area contributed by atoms with E-state index in [1.165, 1.54) is 23.5 Å². The predicted molar refractivity (Wildman–Crippen MR) is 154 cm³/mol. The molecule has 1 fully saturated rings. The Morgan fingerprint density at radius 3 is 2.66 bits per heavy atom. The number of pyridine rings is 1. The third-order valence-corrected chi connectivity index (χ3v) is 8.51. The van der Waals surface area contributed by atoms with E-state index in [9.17, 15) is 9.18 Å². The van der Waals surface area contributed by atoms with Gasteiger partial charge in [-0.15, -0.1) is 11.3 Å². The van der Waals surface area contributed by atoms with E-state index in [0.717, 1.165) is 46.3 Å². The first kappa shape index (κ1) is 25.4. The summed E-state index contributed by atoms with van der Waals surface area (Å²) in [5.74, 6) is -0.332. The van der Waals surface area contributed by atoms with E-state index in [2.05, 4.69) is 31.5 Å². The second kappa shape index (κ2) is 10.1. The monoisotopic (exact) mass is 564 g/mol. The Morgan fingerprint density at radius 2 is 1.90 bits per heavy atom. The van der Waals surface area contributed by atoms with Crippen molar-refractivity contribution in [3.63, 3.8) is 0 Å². The van der Waals surface area contributed by atoms with Gasteiger partial charge in [-0.25, -0.2) is 23.9 Å². The first-order valence-corrected chi connectivity index (χ1v) is 14.0. The molecule has 0 unspecified atom stereocenters. The van der Waals surface area contributed by atoms with Gasteiger partial charge in [-0.05, 0) is 62.5 Å². The van der Waals surface area contributed by atoms with Gasteiger partial charge >= 0.3 is 0 Å². The Bertz CT molecular complexity index is 1890. The number of Topliss-reactive ketones (excluding diaryl/α,β-unsaturated/α-hetero) is 1. The molecular weight excluding hydrogens is 539 g/mol. The Labute approximate surface area is 239 Å². The summed E-state index contributed by atoms with van der Waals surface area (Å²) in [7, 11) is 2.08. The van der Waals surface area contributed by atoms with E-state index in [1.807, 2.05) is 37.5 Å². The van der Waals surface area contributed by atoms with E-state index in [-0.39, 0.29) is 24.1 Å². The molecule has 0 N–H and O–H groups in total. The molecule has 6 heterocycles. The highest BCUT2D eigenvalue weighted by Gasteiger charge is 2.29. The summed E-state index contributed by atoms with van der Waals surface area (Å²) in [6.07, 6.45) is 7.23. The summed E-state index contributed by atoms with van der Waals surface area (Å²) in [6.45, 7) is 3.67. The first-order valence-electron chi connectivity index (χ1n) is 13.2. The van der Waals surface area contributed by atoms with Crippen LogP contribution in [-0.2, 0) is 6.42 Å². The van der Waals surface area contributed by atoms with Crippen LogP contribution in [0.1, 0.15) is 27.1 Å². The number of likely N-dealkylation sites (N-methyl/N-ethyl adjacent to an activating group) is 1. The van der Waals surface area contributed by atoms with Crippen LogP contribution in [0.3, 0.4) is 0 Å². The van der Waals surface area contributed by atoms with Gasteiger partial charge < -0.3 is 9.47 Å².